The Morgan fingerprint density at radius 3 is 2.30 bits per heavy atom. The molecule has 1 aromatic heterocycles. The normalized spacial score (nSPS) is 11.6. The molecular formula is C21H27N3O5S. The Hall–Kier alpha value is -2.78. The molecule has 1 aromatic carbocycles. The quantitative estimate of drug-likeness (QED) is 0.642. The molecule has 8 nitrogen and oxygen atoms in total. The second kappa shape index (κ2) is 9.82. The highest BCUT2D eigenvalue weighted by molar-refractivity contribution is 7.89. The van der Waals surface area contributed by atoms with Crippen LogP contribution in [0.15, 0.2) is 41.3 Å². The fourth-order valence-electron chi connectivity index (χ4n) is 2.61. The number of esters is 1. The summed E-state index contributed by atoms with van der Waals surface area (Å²) in [5, 5.41) is 2.74. The maximum absolute atomic E-state index is 12.5. The number of pyridine rings is 1. The highest BCUT2D eigenvalue weighted by atomic mass is 32.2. The van der Waals surface area contributed by atoms with E-state index in [-0.39, 0.29) is 29.8 Å². The summed E-state index contributed by atoms with van der Waals surface area (Å²) in [5.41, 5.74) is 1.65. The van der Waals surface area contributed by atoms with E-state index in [1.165, 1.54) is 35.6 Å². The molecule has 0 bridgehead atoms. The van der Waals surface area contributed by atoms with E-state index in [2.05, 4.69) is 10.3 Å². The van der Waals surface area contributed by atoms with Crippen molar-refractivity contribution in [1.82, 2.24) is 14.6 Å². The van der Waals surface area contributed by atoms with Gasteiger partial charge in [0.2, 0.25) is 10.0 Å². The fourth-order valence-corrected chi connectivity index (χ4v) is 3.98. The van der Waals surface area contributed by atoms with Gasteiger partial charge in [-0.1, -0.05) is 12.1 Å². The predicted octanol–water partition coefficient (Wildman–Crippen LogP) is 2.53. The van der Waals surface area contributed by atoms with Crippen molar-refractivity contribution in [3.63, 3.8) is 0 Å². The van der Waals surface area contributed by atoms with Crippen LogP contribution in [0, 0.1) is 6.92 Å². The lowest BCUT2D eigenvalue weighted by Crippen LogP contribution is -2.33. The first-order valence-electron chi connectivity index (χ1n) is 9.57. The summed E-state index contributed by atoms with van der Waals surface area (Å²) in [4.78, 5) is 28.6. The van der Waals surface area contributed by atoms with Gasteiger partial charge in [-0.3, -0.25) is 4.79 Å². The molecular weight excluding hydrogens is 406 g/mol. The van der Waals surface area contributed by atoms with Crippen molar-refractivity contribution < 1.29 is 22.7 Å². The number of carbonyl (C=O) groups is 2. The van der Waals surface area contributed by atoms with Crippen LogP contribution >= 0.6 is 0 Å². The molecule has 1 heterocycles. The lowest BCUT2D eigenvalue weighted by molar-refractivity contribution is 0.0524. The minimum Gasteiger partial charge on any atom is -0.462 e. The van der Waals surface area contributed by atoms with E-state index < -0.39 is 21.9 Å². The second-order valence-electron chi connectivity index (χ2n) is 6.99. The first-order chi connectivity index (χ1) is 14.1. The number of aryl methyl sites for hydroxylation is 1. The summed E-state index contributed by atoms with van der Waals surface area (Å²) in [5.74, 6) is -0.877. The SMILES string of the molecule is CCOC(=O)c1ccc(C(=O)NCc2ccc(S(=O)(=O)N(C)C(C)C)cc2)nc1C. The van der Waals surface area contributed by atoms with Gasteiger partial charge in [0.05, 0.1) is 22.8 Å². The van der Waals surface area contributed by atoms with Crippen molar-refractivity contribution >= 4 is 21.9 Å². The van der Waals surface area contributed by atoms with Gasteiger partial charge in [-0.25, -0.2) is 18.2 Å². The van der Waals surface area contributed by atoms with Crippen molar-refractivity contribution in [2.24, 2.45) is 0 Å². The summed E-state index contributed by atoms with van der Waals surface area (Å²) in [6.45, 7) is 7.42. The van der Waals surface area contributed by atoms with Gasteiger partial charge in [0.15, 0.2) is 0 Å². The highest BCUT2D eigenvalue weighted by Gasteiger charge is 2.22. The molecule has 0 unspecified atom stereocenters. The fraction of sp³-hybridized carbons (Fsp3) is 0.381. The van der Waals surface area contributed by atoms with Crippen LogP contribution in [0.4, 0.5) is 0 Å². The smallest absolute Gasteiger partial charge is 0.339 e. The minimum atomic E-state index is -3.55. The molecule has 0 fully saturated rings. The highest BCUT2D eigenvalue weighted by Crippen LogP contribution is 2.17. The molecule has 2 aromatic rings. The molecule has 0 aliphatic heterocycles. The molecule has 0 radical (unpaired) electrons. The van der Waals surface area contributed by atoms with Crippen molar-refractivity contribution in [3.05, 3.63) is 58.9 Å². The number of carbonyl (C=O) groups excluding carboxylic acids is 2. The lowest BCUT2D eigenvalue weighted by atomic mass is 10.1. The third-order valence-corrected chi connectivity index (χ3v) is 6.64. The first kappa shape index (κ1) is 23.5. The molecule has 1 N–H and O–H groups in total. The molecule has 0 aliphatic rings. The number of nitrogens with zero attached hydrogens (tertiary/aromatic N) is 2. The van der Waals surface area contributed by atoms with Gasteiger partial charge in [0.25, 0.3) is 5.91 Å². The average Bonchev–Trinajstić information content (AvgIpc) is 2.71. The van der Waals surface area contributed by atoms with Gasteiger partial charge in [0.1, 0.15) is 5.69 Å². The van der Waals surface area contributed by atoms with E-state index in [9.17, 15) is 18.0 Å². The van der Waals surface area contributed by atoms with Crippen molar-refractivity contribution in [3.8, 4) is 0 Å². The number of rotatable bonds is 8. The van der Waals surface area contributed by atoms with E-state index in [0.29, 0.717) is 11.3 Å². The number of amides is 1. The van der Waals surface area contributed by atoms with E-state index in [1.54, 1.807) is 39.8 Å². The Balaban J connectivity index is 2.05. The van der Waals surface area contributed by atoms with Gasteiger partial charge in [0, 0.05) is 19.6 Å². The summed E-state index contributed by atoms with van der Waals surface area (Å²) >= 11 is 0. The van der Waals surface area contributed by atoms with E-state index in [4.69, 9.17) is 4.74 Å². The second-order valence-corrected chi connectivity index (χ2v) is 8.99. The molecule has 0 spiro atoms. The molecule has 1 amide bonds. The Kier molecular flexibility index (Phi) is 7.69. The van der Waals surface area contributed by atoms with Crippen LogP contribution in [0.25, 0.3) is 0 Å². The van der Waals surface area contributed by atoms with Crippen LogP contribution in [-0.4, -0.2) is 49.3 Å². The molecule has 162 valence electrons. The number of aromatic nitrogens is 1. The number of hydrogen-bond acceptors (Lipinski definition) is 6. The molecule has 0 atom stereocenters. The Labute approximate surface area is 177 Å². The third-order valence-electron chi connectivity index (χ3n) is 4.59. The van der Waals surface area contributed by atoms with Crippen LogP contribution in [0.5, 0.6) is 0 Å². The van der Waals surface area contributed by atoms with Gasteiger partial charge in [-0.05, 0) is 57.5 Å². The minimum absolute atomic E-state index is 0.153. The zero-order valence-corrected chi connectivity index (χ0v) is 18.6. The number of ether oxygens (including phenoxy) is 1. The topological polar surface area (TPSA) is 106 Å². The number of nitrogens with one attached hydrogen (secondary N) is 1. The summed E-state index contributed by atoms with van der Waals surface area (Å²) < 4.78 is 31.3. The zero-order valence-electron chi connectivity index (χ0n) is 17.8. The van der Waals surface area contributed by atoms with E-state index >= 15 is 0 Å². The van der Waals surface area contributed by atoms with Gasteiger partial charge < -0.3 is 10.1 Å². The number of benzene rings is 1. The first-order valence-corrected chi connectivity index (χ1v) is 11.0. The summed E-state index contributed by atoms with van der Waals surface area (Å²) in [7, 11) is -2.01. The Morgan fingerprint density at radius 1 is 1.13 bits per heavy atom. The number of sulfonamides is 1. The number of hydrogen-bond donors (Lipinski definition) is 1. The van der Waals surface area contributed by atoms with Gasteiger partial charge in [-0.15, -0.1) is 0 Å². The summed E-state index contributed by atoms with van der Waals surface area (Å²) in [6.07, 6.45) is 0. The van der Waals surface area contributed by atoms with Crippen LogP contribution < -0.4 is 5.32 Å². The molecule has 0 saturated carbocycles. The van der Waals surface area contributed by atoms with Crippen LogP contribution in [0.1, 0.15) is 52.9 Å². The van der Waals surface area contributed by atoms with Gasteiger partial charge in [-0.2, -0.15) is 4.31 Å². The van der Waals surface area contributed by atoms with Crippen LogP contribution in [-0.2, 0) is 21.3 Å². The van der Waals surface area contributed by atoms with Crippen molar-refractivity contribution in [2.75, 3.05) is 13.7 Å². The summed E-state index contributed by atoms with van der Waals surface area (Å²) in [6, 6.07) is 9.18. The zero-order chi connectivity index (χ0) is 22.5. The van der Waals surface area contributed by atoms with Crippen molar-refractivity contribution in [1.29, 1.82) is 0 Å². The van der Waals surface area contributed by atoms with Gasteiger partial charge >= 0.3 is 5.97 Å². The largest absolute Gasteiger partial charge is 0.462 e. The molecule has 0 aliphatic carbocycles. The Morgan fingerprint density at radius 2 is 1.77 bits per heavy atom. The van der Waals surface area contributed by atoms with E-state index in [1.807, 2.05) is 0 Å². The monoisotopic (exact) mass is 433 g/mol. The third kappa shape index (κ3) is 5.43. The van der Waals surface area contributed by atoms with Crippen molar-refractivity contribution in [2.45, 2.75) is 45.2 Å². The molecule has 0 saturated heterocycles. The molecule has 30 heavy (non-hydrogen) atoms. The molecule has 9 heteroatoms. The maximum Gasteiger partial charge on any atom is 0.339 e. The molecule has 2 rings (SSSR count). The standard InChI is InChI=1S/C21H27N3O5S/c1-6-29-21(26)18-11-12-19(23-15(18)4)20(25)22-13-16-7-9-17(10-8-16)30(27,28)24(5)14(2)3/h7-12,14H,6,13H2,1-5H3,(H,22,25). The van der Waals surface area contributed by atoms with E-state index in [0.717, 1.165) is 5.56 Å². The maximum atomic E-state index is 12.5. The lowest BCUT2D eigenvalue weighted by Gasteiger charge is -2.21. The Bertz CT molecular complexity index is 1020. The average molecular weight is 434 g/mol. The van der Waals surface area contributed by atoms with Crippen LogP contribution in [0.3, 0.4) is 0 Å². The van der Waals surface area contributed by atoms with Crippen LogP contribution in [0.2, 0.25) is 0 Å². The predicted molar refractivity (Wildman–Crippen MR) is 113 cm³/mol.